The standard InChI is InChI=1S/C24H30FN3O3/c1-5-30-16-24-13-17-14-26-28(20-8-6-19(25)7-9-20)21(17)12-18(24)10-11-27(15-24)22(29)31-23(2,3)4/h6-9,12,14H,5,10-11,13,15-16H2,1-4H3. The number of likely N-dealkylation sites (tertiary alicyclic amines) is 1. The van der Waals surface area contributed by atoms with Crippen molar-refractivity contribution in [2.45, 2.75) is 46.1 Å². The molecule has 1 saturated heterocycles. The SMILES string of the molecule is CCOCC12Cc3cnn(-c4ccc(F)cc4)c3C=C1CCN(C(=O)OC(C)(C)C)C2. The highest BCUT2D eigenvalue weighted by Gasteiger charge is 2.45. The smallest absolute Gasteiger partial charge is 0.410 e. The summed E-state index contributed by atoms with van der Waals surface area (Å²) in [7, 11) is 0. The highest BCUT2D eigenvalue weighted by atomic mass is 19.1. The Labute approximate surface area is 182 Å². The molecule has 2 aliphatic rings. The second-order valence-electron chi connectivity index (χ2n) is 9.36. The minimum Gasteiger partial charge on any atom is -0.444 e. The van der Waals surface area contributed by atoms with Gasteiger partial charge in [0, 0.05) is 25.1 Å². The first-order chi connectivity index (χ1) is 14.7. The molecular formula is C24H30FN3O3. The van der Waals surface area contributed by atoms with Gasteiger partial charge in [0.2, 0.25) is 0 Å². The lowest BCUT2D eigenvalue weighted by Gasteiger charge is -2.46. The van der Waals surface area contributed by atoms with Crippen LogP contribution in [0.15, 0.2) is 36.0 Å². The number of carbonyl (C=O) groups is 1. The van der Waals surface area contributed by atoms with Crippen molar-refractivity contribution in [1.29, 1.82) is 0 Å². The van der Waals surface area contributed by atoms with Gasteiger partial charge >= 0.3 is 6.09 Å². The van der Waals surface area contributed by atoms with Crippen LogP contribution < -0.4 is 0 Å². The summed E-state index contributed by atoms with van der Waals surface area (Å²) < 4.78 is 26.7. The van der Waals surface area contributed by atoms with Crippen LogP contribution in [0, 0.1) is 11.2 Å². The molecule has 31 heavy (non-hydrogen) atoms. The first-order valence-electron chi connectivity index (χ1n) is 10.8. The highest BCUT2D eigenvalue weighted by molar-refractivity contribution is 5.70. The highest BCUT2D eigenvalue weighted by Crippen LogP contribution is 2.44. The Morgan fingerprint density at radius 1 is 1.26 bits per heavy atom. The van der Waals surface area contributed by atoms with E-state index in [2.05, 4.69) is 11.2 Å². The van der Waals surface area contributed by atoms with E-state index in [-0.39, 0.29) is 17.3 Å². The summed E-state index contributed by atoms with van der Waals surface area (Å²) in [5.74, 6) is -0.270. The third kappa shape index (κ3) is 4.37. The van der Waals surface area contributed by atoms with Crippen molar-refractivity contribution in [3.05, 3.63) is 53.1 Å². The number of aromatic nitrogens is 2. The minimum absolute atomic E-state index is 0.270. The van der Waals surface area contributed by atoms with E-state index in [0.29, 0.717) is 26.3 Å². The first-order valence-corrected chi connectivity index (χ1v) is 10.8. The minimum atomic E-state index is -0.531. The van der Waals surface area contributed by atoms with Gasteiger partial charge in [0.1, 0.15) is 11.4 Å². The van der Waals surface area contributed by atoms with Crippen molar-refractivity contribution >= 4 is 12.2 Å². The molecule has 0 bridgehead atoms. The topological polar surface area (TPSA) is 56.6 Å². The Hall–Kier alpha value is -2.67. The van der Waals surface area contributed by atoms with E-state index in [0.717, 1.165) is 29.8 Å². The van der Waals surface area contributed by atoms with Crippen LogP contribution in [-0.2, 0) is 15.9 Å². The molecule has 1 aromatic heterocycles. The zero-order valence-corrected chi connectivity index (χ0v) is 18.7. The first kappa shape index (κ1) is 21.6. The maximum Gasteiger partial charge on any atom is 0.410 e. The van der Waals surface area contributed by atoms with Gasteiger partial charge in [-0.1, -0.05) is 5.57 Å². The fraction of sp³-hybridized carbons (Fsp3) is 0.500. The van der Waals surface area contributed by atoms with Gasteiger partial charge in [-0.2, -0.15) is 5.10 Å². The molecule has 0 saturated carbocycles. The van der Waals surface area contributed by atoms with Gasteiger partial charge in [0.15, 0.2) is 0 Å². The molecule has 4 rings (SSSR count). The Bertz CT molecular complexity index is 990. The predicted octanol–water partition coefficient (Wildman–Crippen LogP) is 4.61. The van der Waals surface area contributed by atoms with Crippen LogP contribution in [0.5, 0.6) is 0 Å². The number of hydrogen-bond acceptors (Lipinski definition) is 4. The normalized spacial score (nSPS) is 20.7. The number of halogens is 1. The number of rotatable bonds is 4. The van der Waals surface area contributed by atoms with Crippen molar-refractivity contribution in [1.82, 2.24) is 14.7 Å². The van der Waals surface area contributed by atoms with E-state index in [1.807, 2.05) is 38.6 Å². The van der Waals surface area contributed by atoms with Crippen LogP contribution in [0.1, 0.15) is 45.4 Å². The van der Waals surface area contributed by atoms with Crippen molar-refractivity contribution in [3.63, 3.8) is 0 Å². The van der Waals surface area contributed by atoms with Crippen molar-refractivity contribution in [3.8, 4) is 5.69 Å². The lowest BCUT2D eigenvalue weighted by molar-refractivity contribution is -0.00392. The van der Waals surface area contributed by atoms with Crippen molar-refractivity contribution < 1.29 is 18.7 Å². The molecular weight excluding hydrogens is 397 g/mol. The van der Waals surface area contributed by atoms with E-state index in [1.165, 1.54) is 17.7 Å². The van der Waals surface area contributed by atoms with Gasteiger partial charge in [0.05, 0.1) is 24.2 Å². The van der Waals surface area contributed by atoms with E-state index < -0.39 is 5.60 Å². The summed E-state index contributed by atoms with van der Waals surface area (Å²) in [6, 6.07) is 6.35. The number of piperidine rings is 1. The van der Waals surface area contributed by atoms with Gasteiger partial charge < -0.3 is 14.4 Å². The van der Waals surface area contributed by atoms with Crippen LogP contribution in [0.25, 0.3) is 11.8 Å². The Morgan fingerprint density at radius 2 is 2.00 bits per heavy atom. The maximum absolute atomic E-state index is 13.4. The van der Waals surface area contributed by atoms with Crippen molar-refractivity contribution in [2.24, 2.45) is 5.41 Å². The Morgan fingerprint density at radius 3 is 2.68 bits per heavy atom. The maximum atomic E-state index is 13.4. The summed E-state index contributed by atoms with van der Waals surface area (Å²) in [6.45, 7) is 9.93. The van der Waals surface area contributed by atoms with Crippen LogP contribution in [0.2, 0.25) is 0 Å². The molecule has 0 radical (unpaired) electrons. The van der Waals surface area contributed by atoms with Gasteiger partial charge in [0.25, 0.3) is 0 Å². The lowest BCUT2D eigenvalue weighted by Crippen LogP contribution is -2.52. The molecule has 1 fully saturated rings. The molecule has 1 aliphatic carbocycles. The van der Waals surface area contributed by atoms with Gasteiger partial charge in [-0.05, 0) is 76.4 Å². The Kier molecular flexibility index (Phi) is 5.64. The summed E-state index contributed by atoms with van der Waals surface area (Å²) >= 11 is 0. The number of amides is 1. The molecule has 0 N–H and O–H groups in total. The summed E-state index contributed by atoms with van der Waals surface area (Å²) in [6.07, 6.45) is 5.25. The number of hydrogen-bond donors (Lipinski definition) is 0. The van der Waals surface area contributed by atoms with E-state index in [9.17, 15) is 9.18 Å². The second-order valence-corrected chi connectivity index (χ2v) is 9.36. The van der Waals surface area contributed by atoms with E-state index in [1.54, 1.807) is 17.0 Å². The molecule has 1 aromatic carbocycles. The third-order valence-electron chi connectivity index (χ3n) is 5.86. The number of carbonyl (C=O) groups excluding carboxylic acids is 1. The third-order valence-corrected chi connectivity index (χ3v) is 5.86. The van der Waals surface area contributed by atoms with Gasteiger partial charge in [-0.25, -0.2) is 13.9 Å². The molecule has 1 amide bonds. The van der Waals surface area contributed by atoms with E-state index in [4.69, 9.17) is 9.47 Å². The molecule has 2 aromatic rings. The zero-order chi connectivity index (χ0) is 22.2. The van der Waals surface area contributed by atoms with Crippen LogP contribution in [-0.4, -0.2) is 52.7 Å². The largest absolute Gasteiger partial charge is 0.444 e. The summed E-state index contributed by atoms with van der Waals surface area (Å²) in [5.41, 5.74) is 3.36. The molecule has 1 unspecified atom stereocenters. The molecule has 2 heterocycles. The van der Waals surface area contributed by atoms with Gasteiger partial charge in [-0.15, -0.1) is 0 Å². The van der Waals surface area contributed by atoms with Crippen LogP contribution in [0.3, 0.4) is 0 Å². The fourth-order valence-electron chi connectivity index (χ4n) is 4.43. The van der Waals surface area contributed by atoms with Gasteiger partial charge in [-0.3, -0.25) is 0 Å². The number of fused-ring (bicyclic) bond motifs is 2. The quantitative estimate of drug-likeness (QED) is 0.715. The molecule has 1 atom stereocenters. The average molecular weight is 428 g/mol. The summed E-state index contributed by atoms with van der Waals surface area (Å²) in [4.78, 5) is 14.6. The molecule has 0 spiro atoms. The molecule has 6 nitrogen and oxygen atoms in total. The molecule has 7 heteroatoms. The van der Waals surface area contributed by atoms with Crippen LogP contribution >= 0.6 is 0 Å². The van der Waals surface area contributed by atoms with Crippen LogP contribution in [0.4, 0.5) is 9.18 Å². The number of ether oxygens (including phenoxy) is 2. The second kappa shape index (κ2) is 8.11. The summed E-state index contributed by atoms with van der Waals surface area (Å²) in [5, 5.41) is 4.57. The number of nitrogens with zero attached hydrogens (tertiary/aromatic N) is 3. The fourth-order valence-corrected chi connectivity index (χ4v) is 4.43. The zero-order valence-electron chi connectivity index (χ0n) is 18.7. The molecule has 1 aliphatic heterocycles. The Balaban J connectivity index is 1.66. The monoisotopic (exact) mass is 427 g/mol. The molecule has 166 valence electrons. The van der Waals surface area contributed by atoms with E-state index >= 15 is 0 Å². The number of benzene rings is 1. The lowest BCUT2D eigenvalue weighted by atomic mass is 9.69. The van der Waals surface area contributed by atoms with Crippen molar-refractivity contribution in [2.75, 3.05) is 26.3 Å². The predicted molar refractivity (Wildman–Crippen MR) is 117 cm³/mol. The average Bonchev–Trinajstić information content (AvgIpc) is 3.11.